The Morgan fingerprint density at radius 2 is 2.29 bits per heavy atom. The minimum Gasteiger partial charge on any atom is -0.311 e. The Morgan fingerprint density at radius 3 is 3.00 bits per heavy atom. The summed E-state index contributed by atoms with van der Waals surface area (Å²) < 4.78 is 0. The summed E-state index contributed by atoms with van der Waals surface area (Å²) in [6, 6.07) is 6.07. The summed E-state index contributed by atoms with van der Waals surface area (Å²) in [6.45, 7) is 6.55. The van der Waals surface area contributed by atoms with Crippen LogP contribution in [0.1, 0.15) is 32.4 Å². The van der Waals surface area contributed by atoms with Crippen molar-refractivity contribution in [2.45, 2.75) is 33.2 Å². The lowest BCUT2D eigenvalue weighted by atomic mass is 9.84. The summed E-state index contributed by atoms with van der Waals surface area (Å²) in [5.41, 5.74) is 2.68. The van der Waals surface area contributed by atoms with Crippen molar-refractivity contribution in [1.82, 2.24) is 10.3 Å². The van der Waals surface area contributed by atoms with Crippen molar-refractivity contribution in [3.8, 4) is 0 Å². The third kappa shape index (κ3) is 3.97. The van der Waals surface area contributed by atoms with Crippen LogP contribution in [0.15, 0.2) is 36.0 Å². The number of rotatable bonds is 4. The molecule has 0 saturated heterocycles. The Kier molecular flexibility index (Phi) is 4.32. The number of hydrogen-bond donors (Lipinski definition) is 1. The van der Waals surface area contributed by atoms with Crippen LogP contribution in [-0.4, -0.2) is 11.5 Å². The summed E-state index contributed by atoms with van der Waals surface area (Å²) in [7, 11) is 0. The fraction of sp³-hybridized carbons (Fsp3) is 0.533. The van der Waals surface area contributed by atoms with Gasteiger partial charge in [0.05, 0.1) is 5.69 Å². The molecule has 2 nitrogen and oxygen atoms in total. The number of pyridine rings is 1. The topological polar surface area (TPSA) is 24.9 Å². The fourth-order valence-electron chi connectivity index (χ4n) is 2.75. The highest BCUT2D eigenvalue weighted by molar-refractivity contribution is 5.07. The van der Waals surface area contributed by atoms with Gasteiger partial charge in [0.1, 0.15) is 0 Å². The van der Waals surface area contributed by atoms with Gasteiger partial charge in [-0.2, -0.15) is 0 Å². The highest BCUT2D eigenvalue weighted by Gasteiger charge is 2.17. The number of allylic oxidation sites excluding steroid dienone is 2. The van der Waals surface area contributed by atoms with Crippen LogP contribution in [0.25, 0.3) is 0 Å². The van der Waals surface area contributed by atoms with E-state index in [4.69, 9.17) is 0 Å². The standard InChI is InChI=1S/C15H22N2/c1-12-7-13(2)9-14(8-12)10-16-11-15-5-3-4-6-17-15/h3-7,12,14,16H,8-11H2,1-2H3. The summed E-state index contributed by atoms with van der Waals surface area (Å²) >= 11 is 0. The molecule has 2 unspecified atom stereocenters. The van der Waals surface area contributed by atoms with Crippen LogP contribution in [0, 0.1) is 11.8 Å². The Balaban J connectivity index is 1.74. The van der Waals surface area contributed by atoms with Gasteiger partial charge in [-0.1, -0.05) is 24.6 Å². The summed E-state index contributed by atoms with van der Waals surface area (Å²) in [4.78, 5) is 4.32. The molecule has 1 N–H and O–H groups in total. The van der Waals surface area contributed by atoms with E-state index in [1.807, 2.05) is 18.3 Å². The van der Waals surface area contributed by atoms with Gasteiger partial charge in [-0.3, -0.25) is 4.98 Å². The van der Waals surface area contributed by atoms with Gasteiger partial charge >= 0.3 is 0 Å². The molecule has 0 fully saturated rings. The van der Waals surface area contributed by atoms with E-state index < -0.39 is 0 Å². The van der Waals surface area contributed by atoms with E-state index in [1.54, 1.807) is 5.57 Å². The molecule has 0 radical (unpaired) electrons. The van der Waals surface area contributed by atoms with E-state index in [-0.39, 0.29) is 0 Å². The lowest BCUT2D eigenvalue weighted by Crippen LogP contribution is -2.26. The van der Waals surface area contributed by atoms with E-state index in [0.717, 1.165) is 30.6 Å². The molecule has 1 aromatic heterocycles. The van der Waals surface area contributed by atoms with Crippen LogP contribution in [0.2, 0.25) is 0 Å². The van der Waals surface area contributed by atoms with Crippen molar-refractivity contribution in [3.05, 3.63) is 41.7 Å². The predicted molar refractivity (Wildman–Crippen MR) is 71.6 cm³/mol. The van der Waals surface area contributed by atoms with Crippen LogP contribution in [0.3, 0.4) is 0 Å². The van der Waals surface area contributed by atoms with Gasteiger partial charge in [-0.25, -0.2) is 0 Å². The van der Waals surface area contributed by atoms with Crippen molar-refractivity contribution in [3.63, 3.8) is 0 Å². The molecule has 0 aromatic carbocycles. The average Bonchev–Trinajstić information content (AvgIpc) is 2.29. The van der Waals surface area contributed by atoms with E-state index in [2.05, 4.69) is 36.3 Å². The van der Waals surface area contributed by atoms with Crippen molar-refractivity contribution < 1.29 is 0 Å². The zero-order valence-corrected chi connectivity index (χ0v) is 10.8. The second-order valence-corrected chi connectivity index (χ2v) is 5.25. The number of nitrogens with one attached hydrogen (secondary N) is 1. The first-order valence-electron chi connectivity index (χ1n) is 6.52. The molecule has 0 saturated carbocycles. The normalized spacial score (nSPS) is 24.5. The van der Waals surface area contributed by atoms with Crippen molar-refractivity contribution in [1.29, 1.82) is 0 Å². The third-order valence-corrected chi connectivity index (χ3v) is 3.35. The van der Waals surface area contributed by atoms with E-state index in [1.165, 1.54) is 12.8 Å². The molecule has 2 atom stereocenters. The molecule has 2 heteroatoms. The van der Waals surface area contributed by atoms with Crippen LogP contribution < -0.4 is 5.32 Å². The van der Waals surface area contributed by atoms with Gasteiger partial charge in [0.2, 0.25) is 0 Å². The number of aromatic nitrogens is 1. The molecule has 0 amide bonds. The van der Waals surface area contributed by atoms with Crippen molar-refractivity contribution in [2.75, 3.05) is 6.54 Å². The summed E-state index contributed by atoms with van der Waals surface area (Å²) in [5.74, 6) is 1.53. The first-order valence-corrected chi connectivity index (χ1v) is 6.52. The van der Waals surface area contributed by atoms with Gasteiger partial charge in [0.15, 0.2) is 0 Å². The van der Waals surface area contributed by atoms with Crippen LogP contribution >= 0.6 is 0 Å². The second kappa shape index (κ2) is 5.97. The van der Waals surface area contributed by atoms with E-state index >= 15 is 0 Å². The minimum absolute atomic E-state index is 0.741. The molecule has 1 aromatic rings. The molecule has 1 heterocycles. The zero-order chi connectivity index (χ0) is 12.1. The Hall–Kier alpha value is -1.15. The summed E-state index contributed by atoms with van der Waals surface area (Å²) in [6.07, 6.45) is 6.83. The molecular weight excluding hydrogens is 208 g/mol. The fourth-order valence-corrected chi connectivity index (χ4v) is 2.75. The number of nitrogens with zero attached hydrogens (tertiary/aromatic N) is 1. The molecule has 92 valence electrons. The molecule has 1 aliphatic carbocycles. The highest BCUT2D eigenvalue weighted by Crippen LogP contribution is 2.27. The largest absolute Gasteiger partial charge is 0.311 e. The van der Waals surface area contributed by atoms with Crippen LogP contribution in [0.4, 0.5) is 0 Å². The van der Waals surface area contributed by atoms with Gasteiger partial charge in [-0.15, -0.1) is 0 Å². The Labute approximate surface area is 104 Å². The Bertz CT molecular complexity index is 370. The third-order valence-electron chi connectivity index (χ3n) is 3.35. The molecule has 1 aliphatic rings. The lowest BCUT2D eigenvalue weighted by molar-refractivity contribution is 0.380. The maximum Gasteiger partial charge on any atom is 0.0541 e. The van der Waals surface area contributed by atoms with E-state index in [0.29, 0.717) is 0 Å². The monoisotopic (exact) mass is 230 g/mol. The molecule has 0 bridgehead atoms. The molecule has 17 heavy (non-hydrogen) atoms. The number of hydrogen-bond acceptors (Lipinski definition) is 2. The molecule has 0 aliphatic heterocycles. The van der Waals surface area contributed by atoms with Crippen LogP contribution in [-0.2, 0) is 6.54 Å². The van der Waals surface area contributed by atoms with Gasteiger partial charge in [0, 0.05) is 12.7 Å². The molecule has 2 rings (SSSR count). The van der Waals surface area contributed by atoms with Crippen molar-refractivity contribution >= 4 is 0 Å². The maximum atomic E-state index is 4.32. The van der Waals surface area contributed by atoms with E-state index in [9.17, 15) is 0 Å². The average molecular weight is 230 g/mol. The molecular formula is C15H22N2. The Morgan fingerprint density at radius 1 is 1.41 bits per heavy atom. The summed E-state index contributed by atoms with van der Waals surface area (Å²) in [5, 5.41) is 3.52. The first kappa shape index (κ1) is 12.3. The van der Waals surface area contributed by atoms with Crippen LogP contribution in [0.5, 0.6) is 0 Å². The first-order chi connectivity index (χ1) is 8.24. The van der Waals surface area contributed by atoms with Crippen molar-refractivity contribution in [2.24, 2.45) is 11.8 Å². The smallest absolute Gasteiger partial charge is 0.0541 e. The van der Waals surface area contributed by atoms with Gasteiger partial charge < -0.3 is 5.32 Å². The lowest BCUT2D eigenvalue weighted by Gasteiger charge is -2.25. The zero-order valence-electron chi connectivity index (χ0n) is 10.8. The maximum absolute atomic E-state index is 4.32. The molecule has 0 spiro atoms. The van der Waals surface area contributed by atoms with Gasteiger partial charge in [-0.05, 0) is 50.3 Å². The second-order valence-electron chi connectivity index (χ2n) is 5.25. The highest BCUT2D eigenvalue weighted by atomic mass is 14.9. The minimum atomic E-state index is 0.741. The predicted octanol–water partition coefficient (Wildman–Crippen LogP) is 3.16. The SMILES string of the molecule is CC1=CC(C)CC(CNCc2ccccn2)C1. The quantitative estimate of drug-likeness (QED) is 0.804. The van der Waals surface area contributed by atoms with Gasteiger partial charge in [0.25, 0.3) is 0 Å².